The third-order valence-electron chi connectivity index (χ3n) is 2.42. The molecule has 0 bridgehead atoms. The molecular formula is C14H19BrFN. The van der Waals surface area contributed by atoms with Crippen molar-refractivity contribution in [2.75, 3.05) is 6.54 Å². The van der Waals surface area contributed by atoms with Gasteiger partial charge in [-0.3, -0.25) is 0 Å². The van der Waals surface area contributed by atoms with Gasteiger partial charge in [0, 0.05) is 10.0 Å². The molecule has 1 atom stereocenters. The topological polar surface area (TPSA) is 12.0 Å². The van der Waals surface area contributed by atoms with Gasteiger partial charge in [0.2, 0.25) is 0 Å². The van der Waals surface area contributed by atoms with Gasteiger partial charge in [-0.05, 0) is 38.9 Å². The summed E-state index contributed by atoms with van der Waals surface area (Å²) in [6, 6.07) is 5.01. The molecule has 1 rings (SSSR count). The molecule has 1 unspecified atom stereocenters. The zero-order valence-electron chi connectivity index (χ0n) is 10.6. The number of hydrogen-bond donors (Lipinski definition) is 1. The van der Waals surface area contributed by atoms with E-state index >= 15 is 0 Å². The summed E-state index contributed by atoms with van der Waals surface area (Å²) in [6.07, 6.45) is 3.08. The van der Waals surface area contributed by atoms with E-state index in [0.717, 1.165) is 17.4 Å². The van der Waals surface area contributed by atoms with Crippen LogP contribution in [0.5, 0.6) is 0 Å². The molecule has 3 heteroatoms. The molecule has 0 saturated heterocycles. The summed E-state index contributed by atoms with van der Waals surface area (Å²) in [5.74, 6) is -0.175. The Hall–Kier alpha value is -0.670. The van der Waals surface area contributed by atoms with Gasteiger partial charge in [-0.1, -0.05) is 40.6 Å². The number of halogens is 2. The first-order chi connectivity index (χ1) is 8.06. The molecule has 0 aliphatic heterocycles. The fourth-order valence-electron chi connectivity index (χ4n) is 1.69. The summed E-state index contributed by atoms with van der Waals surface area (Å²) >= 11 is 3.42. The van der Waals surface area contributed by atoms with Crippen LogP contribution >= 0.6 is 15.9 Å². The highest BCUT2D eigenvalue weighted by Gasteiger charge is 2.15. The molecule has 0 amide bonds. The Kier molecular flexibility index (Phi) is 5.86. The number of hydrogen-bond acceptors (Lipinski definition) is 1. The molecule has 17 heavy (non-hydrogen) atoms. The smallest absolute Gasteiger partial charge is 0.129 e. The molecule has 1 N–H and O–H groups in total. The summed E-state index contributed by atoms with van der Waals surface area (Å²) in [5, 5.41) is 3.35. The Morgan fingerprint density at radius 2 is 2.18 bits per heavy atom. The van der Waals surface area contributed by atoms with Gasteiger partial charge in [0.15, 0.2) is 0 Å². The minimum absolute atomic E-state index is 0.0736. The Morgan fingerprint density at radius 1 is 1.47 bits per heavy atom. The number of nitrogens with one attached hydrogen (secondary N) is 1. The van der Waals surface area contributed by atoms with Crippen molar-refractivity contribution in [2.45, 2.75) is 33.2 Å². The van der Waals surface area contributed by atoms with E-state index in [1.165, 1.54) is 11.6 Å². The van der Waals surface area contributed by atoms with Crippen LogP contribution in [0.2, 0.25) is 0 Å². The molecule has 0 aliphatic rings. The van der Waals surface area contributed by atoms with E-state index in [1.807, 2.05) is 19.9 Å². The van der Waals surface area contributed by atoms with Gasteiger partial charge in [-0.25, -0.2) is 4.39 Å². The van der Waals surface area contributed by atoms with Crippen molar-refractivity contribution in [1.82, 2.24) is 5.32 Å². The van der Waals surface area contributed by atoms with Crippen LogP contribution in [0, 0.1) is 5.82 Å². The lowest BCUT2D eigenvalue weighted by atomic mass is 10.0. The maximum Gasteiger partial charge on any atom is 0.129 e. The first kappa shape index (κ1) is 14.4. The van der Waals surface area contributed by atoms with E-state index < -0.39 is 0 Å². The molecule has 0 fully saturated rings. The Balaban J connectivity index is 3.08. The lowest BCUT2D eigenvalue weighted by Crippen LogP contribution is -2.22. The van der Waals surface area contributed by atoms with Crippen LogP contribution in [0.4, 0.5) is 4.39 Å². The van der Waals surface area contributed by atoms with Gasteiger partial charge < -0.3 is 5.32 Å². The van der Waals surface area contributed by atoms with Crippen molar-refractivity contribution in [3.8, 4) is 0 Å². The van der Waals surface area contributed by atoms with Crippen LogP contribution in [0.15, 0.2) is 34.3 Å². The average molecular weight is 300 g/mol. The largest absolute Gasteiger partial charge is 0.307 e. The Labute approximate surface area is 111 Å². The van der Waals surface area contributed by atoms with E-state index in [1.54, 1.807) is 6.07 Å². The SMILES string of the molecule is CCCNC(C=C(C)C)c1c(F)cccc1Br. The molecule has 1 aromatic rings. The molecule has 1 nitrogen and oxygen atoms in total. The highest BCUT2D eigenvalue weighted by molar-refractivity contribution is 9.10. The van der Waals surface area contributed by atoms with E-state index in [0.29, 0.717) is 5.56 Å². The lowest BCUT2D eigenvalue weighted by molar-refractivity contribution is 0.551. The predicted octanol–water partition coefficient (Wildman–Crippen LogP) is 4.60. The van der Waals surface area contributed by atoms with E-state index in [4.69, 9.17) is 0 Å². The third kappa shape index (κ3) is 4.25. The number of benzene rings is 1. The van der Waals surface area contributed by atoms with Crippen LogP contribution in [-0.2, 0) is 0 Å². The monoisotopic (exact) mass is 299 g/mol. The fraction of sp³-hybridized carbons (Fsp3) is 0.429. The second-order valence-corrected chi connectivity index (χ2v) is 5.17. The van der Waals surface area contributed by atoms with Crippen LogP contribution in [-0.4, -0.2) is 6.54 Å². The van der Waals surface area contributed by atoms with Crippen molar-refractivity contribution in [2.24, 2.45) is 0 Å². The van der Waals surface area contributed by atoms with Crippen molar-refractivity contribution in [3.05, 3.63) is 45.7 Å². The molecule has 94 valence electrons. The molecule has 0 heterocycles. The minimum atomic E-state index is -0.175. The van der Waals surface area contributed by atoms with Crippen molar-refractivity contribution in [3.63, 3.8) is 0 Å². The zero-order chi connectivity index (χ0) is 12.8. The second kappa shape index (κ2) is 6.92. The normalized spacial score (nSPS) is 12.3. The Bertz CT molecular complexity index is 377. The maximum atomic E-state index is 13.9. The second-order valence-electron chi connectivity index (χ2n) is 4.31. The Morgan fingerprint density at radius 3 is 2.71 bits per heavy atom. The van der Waals surface area contributed by atoms with E-state index in [-0.39, 0.29) is 11.9 Å². The summed E-state index contributed by atoms with van der Waals surface area (Å²) in [5.41, 5.74) is 1.86. The van der Waals surface area contributed by atoms with Crippen LogP contribution < -0.4 is 5.32 Å². The molecule has 0 saturated carbocycles. The van der Waals surface area contributed by atoms with Crippen molar-refractivity contribution < 1.29 is 4.39 Å². The number of rotatable bonds is 5. The average Bonchev–Trinajstić information content (AvgIpc) is 2.24. The summed E-state index contributed by atoms with van der Waals surface area (Å²) in [7, 11) is 0. The molecule has 0 aromatic heterocycles. The molecule has 0 spiro atoms. The molecule has 1 aromatic carbocycles. The molecule has 0 radical (unpaired) electrons. The first-order valence-corrected chi connectivity index (χ1v) is 6.67. The summed E-state index contributed by atoms with van der Waals surface area (Å²) in [4.78, 5) is 0. The zero-order valence-corrected chi connectivity index (χ0v) is 12.1. The lowest BCUT2D eigenvalue weighted by Gasteiger charge is -2.18. The van der Waals surface area contributed by atoms with Gasteiger partial charge in [0.1, 0.15) is 5.82 Å². The maximum absolute atomic E-state index is 13.9. The van der Waals surface area contributed by atoms with Gasteiger partial charge >= 0.3 is 0 Å². The highest BCUT2D eigenvalue weighted by Crippen LogP contribution is 2.27. The van der Waals surface area contributed by atoms with Crippen LogP contribution in [0.3, 0.4) is 0 Å². The first-order valence-electron chi connectivity index (χ1n) is 5.88. The molecular weight excluding hydrogens is 281 g/mol. The van der Waals surface area contributed by atoms with Crippen LogP contribution in [0.25, 0.3) is 0 Å². The van der Waals surface area contributed by atoms with Gasteiger partial charge in [0.05, 0.1) is 6.04 Å². The predicted molar refractivity (Wildman–Crippen MR) is 74.6 cm³/mol. The quantitative estimate of drug-likeness (QED) is 0.784. The van der Waals surface area contributed by atoms with E-state index in [2.05, 4.69) is 34.2 Å². The van der Waals surface area contributed by atoms with Gasteiger partial charge in [0.25, 0.3) is 0 Å². The minimum Gasteiger partial charge on any atom is -0.307 e. The molecule has 0 aliphatic carbocycles. The van der Waals surface area contributed by atoms with Crippen LogP contribution in [0.1, 0.15) is 38.8 Å². The summed E-state index contributed by atoms with van der Waals surface area (Å²) < 4.78 is 14.7. The van der Waals surface area contributed by atoms with Crippen molar-refractivity contribution in [1.29, 1.82) is 0 Å². The van der Waals surface area contributed by atoms with Crippen molar-refractivity contribution >= 4 is 15.9 Å². The summed E-state index contributed by atoms with van der Waals surface area (Å²) in [6.45, 7) is 7.02. The highest BCUT2D eigenvalue weighted by atomic mass is 79.9. The van der Waals surface area contributed by atoms with Gasteiger partial charge in [-0.2, -0.15) is 0 Å². The van der Waals surface area contributed by atoms with Gasteiger partial charge in [-0.15, -0.1) is 0 Å². The van der Waals surface area contributed by atoms with E-state index in [9.17, 15) is 4.39 Å². The third-order valence-corrected chi connectivity index (χ3v) is 3.12. The fourth-order valence-corrected chi connectivity index (χ4v) is 2.27. The number of allylic oxidation sites excluding steroid dienone is 1. The standard InChI is InChI=1S/C14H19BrFN/c1-4-8-17-13(9-10(2)3)14-11(15)6-5-7-12(14)16/h5-7,9,13,17H,4,8H2,1-3H3.